The maximum absolute atomic E-state index is 11.3. The van der Waals surface area contributed by atoms with Crippen molar-refractivity contribution in [2.75, 3.05) is 10.6 Å². The summed E-state index contributed by atoms with van der Waals surface area (Å²) in [7, 11) is 0. The fourth-order valence-corrected chi connectivity index (χ4v) is 3.71. The number of hydrogen-bond donors (Lipinski definition) is 2. The van der Waals surface area contributed by atoms with Crippen molar-refractivity contribution in [1.29, 1.82) is 0 Å². The van der Waals surface area contributed by atoms with E-state index in [1.165, 1.54) is 24.3 Å². The van der Waals surface area contributed by atoms with Crippen LogP contribution in [0.5, 0.6) is 0 Å². The molecule has 168 valence electrons. The highest BCUT2D eigenvalue weighted by Gasteiger charge is 2.28. The Hall–Kier alpha value is -4.36. The molecule has 0 amide bonds. The van der Waals surface area contributed by atoms with Gasteiger partial charge in [0, 0.05) is 24.2 Å². The highest BCUT2D eigenvalue weighted by molar-refractivity contribution is 5.67. The van der Waals surface area contributed by atoms with Gasteiger partial charge in [0.25, 0.3) is 22.7 Å². The molecule has 1 aliphatic carbocycles. The number of benzene rings is 2. The van der Waals surface area contributed by atoms with Crippen molar-refractivity contribution in [2.24, 2.45) is 0 Å². The van der Waals surface area contributed by atoms with Crippen LogP contribution in [0.15, 0.2) is 36.4 Å². The van der Waals surface area contributed by atoms with Crippen LogP contribution in [0, 0.1) is 40.5 Å². The van der Waals surface area contributed by atoms with Crippen molar-refractivity contribution in [3.05, 3.63) is 76.9 Å². The molecule has 2 aromatic rings. The topological polar surface area (TPSA) is 197 Å². The zero-order valence-corrected chi connectivity index (χ0v) is 16.5. The molecule has 2 N–H and O–H groups in total. The monoisotopic (exact) mass is 446 g/mol. The van der Waals surface area contributed by atoms with Crippen molar-refractivity contribution < 1.29 is 19.7 Å². The summed E-state index contributed by atoms with van der Waals surface area (Å²) in [5, 5.41) is 50.6. The fraction of sp³-hybridized carbons (Fsp3) is 0.333. The average molecular weight is 446 g/mol. The van der Waals surface area contributed by atoms with E-state index in [2.05, 4.69) is 10.6 Å². The van der Waals surface area contributed by atoms with Gasteiger partial charge in [-0.1, -0.05) is 0 Å². The molecule has 14 nitrogen and oxygen atoms in total. The van der Waals surface area contributed by atoms with Crippen molar-refractivity contribution in [3.63, 3.8) is 0 Å². The summed E-state index contributed by atoms with van der Waals surface area (Å²) in [4.78, 5) is 41.6. The van der Waals surface area contributed by atoms with Crippen molar-refractivity contribution in [1.82, 2.24) is 0 Å². The maximum atomic E-state index is 11.3. The smallest absolute Gasteiger partial charge is 0.299 e. The van der Waals surface area contributed by atoms with Gasteiger partial charge in [0.15, 0.2) is 0 Å². The number of rotatable bonds is 8. The Labute approximate surface area is 179 Å². The van der Waals surface area contributed by atoms with E-state index in [0.717, 1.165) is 18.6 Å². The SMILES string of the molecule is O=[N+]([O-])c1ccc(NC2CCCC(Nc3ccc([N+](=O)[O-])cc3[N+](=O)[O-])C2)c([N+](=O)[O-])c1. The summed E-state index contributed by atoms with van der Waals surface area (Å²) in [5.41, 5.74) is -1.33. The Morgan fingerprint density at radius 3 is 1.41 bits per heavy atom. The number of non-ortho nitro benzene ring substituents is 2. The van der Waals surface area contributed by atoms with Crippen LogP contribution >= 0.6 is 0 Å². The standard InChI is InChI=1S/C18H18N6O8/c25-21(26)13-4-6-15(17(9-13)23(29)30)19-11-2-1-3-12(8-11)20-16-7-5-14(22(27)28)10-18(16)24(31)32/h4-7,9-12,19-20H,1-3,8H2. The summed E-state index contributed by atoms with van der Waals surface area (Å²) in [6.07, 6.45) is 2.53. The second-order valence-electron chi connectivity index (χ2n) is 7.28. The van der Waals surface area contributed by atoms with Gasteiger partial charge in [-0.15, -0.1) is 0 Å². The Kier molecular flexibility index (Phi) is 6.42. The number of anilines is 2. The molecule has 3 rings (SSSR count). The van der Waals surface area contributed by atoms with E-state index >= 15 is 0 Å². The molecule has 32 heavy (non-hydrogen) atoms. The van der Waals surface area contributed by atoms with E-state index < -0.39 is 42.4 Å². The van der Waals surface area contributed by atoms with Crippen LogP contribution in [0.25, 0.3) is 0 Å². The number of nitro benzene ring substituents is 4. The number of nitrogens with one attached hydrogen (secondary N) is 2. The van der Waals surface area contributed by atoms with Crippen molar-refractivity contribution in [3.8, 4) is 0 Å². The first-order valence-electron chi connectivity index (χ1n) is 9.54. The highest BCUT2D eigenvalue weighted by atomic mass is 16.6. The first-order chi connectivity index (χ1) is 15.2. The molecular formula is C18H18N6O8. The molecule has 1 saturated carbocycles. The van der Waals surface area contributed by atoms with E-state index in [1.807, 2.05) is 0 Å². The van der Waals surface area contributed by atoms with Crippen LogP contribution in [0.1, 0.15) is 25.7 Å². The Morgan fingerprint density at radius 1 is 0.656 bits per heavy atom. The summed E-state index contributed by atoms with van der Waals surface area (Å²) < 4.78 is 0. The molecule has 0 radical (unpaired) electrons. The first kappa shape index (κ1) is 22.3. The zero-order valence-electron chi connectivity index (χ0n) is 16.5. The zero-order chi connectivity index (χ0) is 23.4. The lowest BCUT2D eigenvalue weighted by atomic mass is 9.90. The molecule has 0 saturated heterocycles. The van der Waals surface area contributed by atoms with Gasteiger partial charge in [-0.25, -0.2) is 0 Å². The highest BCUT2D eigenvalue weighted by Crippen LogP contribution is 2.34. The Morgan fingerprint density at radius 2 is 1.06 bits per heavy atom. The van der Waals surface area contributed by atoms with Gasteiger partial charge in [-0.3, -0.25) is 40.5 Å². The normalized spacial score (nSPS) is 17.9. The molecule has 2 unspecified atom stereocenters. The Balaban J connectivity index is 1.76. The third kappa shape index (κ3) is 5.03. The predicted octanol–water partition coefficient (Wildman–Crippen LogP) is 4.15. The summed E-state index contributed by atoms with van der Waals surface area (Å²) in [6.45, 7) is 0. The molecule has 2 aromatic carbocycles. The molecule has 0 aliphatic heterocycles. The second kappa shape index (κ2) is 9.20. The third-order valence-corrected chi connectivity index (χ3v) is 5.17. The van der Waals surface area contributed by atoms with Gasteiger partial charge >= 0.3 is 0 Å². The quantitative estimate of drug-likeness (QED) is 0.438. The molecule has 14 heteroatoms. The number of nitrogens with zero attached hydrogens (tertiary/aromatic N) is 4. The minimum Gasteiger partial charge on any atom is -0.377 e. The third-order valence-electron chi connectivity index (χ3n) is 5.17. The number of nitro groups is 4. The minimum absolute atomic E-state index is 0.146. The van der Waals surface area contributed by atoms with Crippen LogP contribution in [0.3, 0.4) is 0 Å². The van der Waals surface area contributed by atoms with E-state index in [0.29, 0.717) is 19.3 Å². The van der Waals surface area contributed by atoms with Crippen LogP contribution in [0.2, 0.25) is 0 Å². The molecule has 1 fully saturated rings. The van der Waals surface area contributed by atoms with E-state index in [1.54, 1.807) is 0 Å². The molecule has 2 atom stereocenters. The van der Waals surface area contributed by atoms with E-state index in [-0.39, 0.29) is 23.5 Å². The Bertz CT molecular complexity index is 1010. The molecule has 0 aromatic heterocycles. The fourth-order valence-electron chi connectivity index (χ4n) is 3.71. The predicted molar refractivity (Wildman–Crippen MR) is 113 cm³/mol. The van der Waals surface area contributed by atoms with Crippen molar-refractivity contribution >= 4 is 34.1 Å². The summed E-state index contributed by atoms with van der Waals surface area (Å²) >= 11 is 0. The van der Waals surface area contributed by atoms with Crippen LogP contribution < -0.4 is 10.6 Å². The largest absolute Gasteiger partial charge is 0.377 e. The summed E-state index contributed by atoms with van der Waals surface area (Å²) in [5.74, 6) is 0. The summed E-state index contributed by atoms with van der Waals surface area (Å²) in [6, 6.07) is 6.25. The second-order valence-corrected chi connectivity index (χ2v) is 7.28. The van der Waals surface area contributed by atoms with Gasteiger partial charge in [-0.2, -0.15) is 0 Å². The van der Waals surface area contributed by atoms with E-state index in [4.69, 9.17) is 0 Å². The number of hydrogen-bond acceptors (Lipinski definition) is 10. The van der Waals surface area contributed by atoms with Crippen LogP contribution in [-0.4, -0.2) is 31.8 Å². The lowest BCUT2D eigenvalue weighted by Crippen LogP contribution is -2.34. The van der Waals surface area contributed by atoms with Gasteiger partial charge in [0.2, 0.25) is 0 Å². The first-order valence-corrected chi connectivity index (χ1v) is 9.54. The van der Waals surface area contributed by atoms with Gasteiger partial charge in [0.05, 0.1) is 31.8 Å². The van der Waals surface area contributed by atoms with Gasteiger partial charge in [-0.05, 0) is 37.8 Å². The lowest BCUT2D eigenvalue weighted by Gasteiger charge is -2.31. The minimum atomic E-state index is -0.714. The lowest BCUT2D eigenvalue weighted by molar-refractivity contribution is -0.393. The molecule has 0 bridgehead atoms. The van der Waals surface area contributed by atoms with Gasteiger partial charge in [0.1, 0.15) is 11.4 Å². The molecule has 1 aliphatic rings. The molecule has 0 heterocycles. The van der Waals surface area contributed by atoms with Crippen LogP contribution in [-0.2, 0) is 0 Å². The molecule has 0 spiro atoms. The van der Waals surface area contributed by atoms with Crippen LogP contribution in [0.4, 0.5) is 34.1 Å². The van der Waals surface area contributed by atoms with Gasteiger partial charge < -0.3 is 10.6 Å². The average Bonchev–Trinajstić information content (AvgIpc) is 2.74. The molecular weight excluding hydrogens is 428 g/mol. The van der Waals surface area contributed by atoms with Crippen molar-refractivity contribution in [2.45, 2.75) is 37.8 Å². The maximum Gasteiger partial charge on any atom is 0.299 e. The van der Waals surface area contributed by atoms with E-state index in [9.17, 15) is 40.5 Å².